The van der Waals surface area contributed by atoms with Crippen molar-refractivity contribution in [1.82, 2.24) is 10.2 Å². The Labute approximate surface area is 251 Å². The Bertz CT molecular complexity index is 1440. The van der Waals surface area contributed by atoms with E-state index < -0.39 is 5.60 Å². The van der Waals surface area contributed by atoms with Crippen LogP contribution in [0.3, 0.4) is 0 Å². The molecule has 0 radical (unpaired) electrons. The minimum absolute atomic E-state index is 0.0159. The lowest BCUT2D eigenvalue weighted by atomic mass is 9.85. The van der Waals surface area contributed by atoms with Crippen LogP contribution in [0.15, 0.2) is 71.7 Å². The van der Waals surface area contributed by atoms with E-state index in [0.29, 0.717) is 46.8 Å². The number of hydrogen-bond acceptors (Lipinski definition) is 5. The Morgan fingerprint density at radius 3 is 2.41 bits per heavy atom. The zero-order chi connectivity index (χ0) is 29.6. The monoisotopic (exact) mass is 591 g/mol. The smallest absolute Gasteiger partial charge is 0.410 e. The standard InChI is InChI=1S/C32H35Cl2N5O2/c1-32(2,3)41-31(40)39-15-13-24(14-16-39)30(37-20-29(36)38-26-11-12-27(33)28(34)18-26)23-9-7-22(8-10-23)25-6-4-5-21(17-25)19-35/h4-12,17-18,24,30,37H,13-16,20H2,1-3H3,(H2,36,38). The minimum Gasteiger partial charge on any atom is -0.444 e. The highest BCUT2D eigenvalue weighted by Crippen LogP contribution is 2.33. The topological polar surface area (TPSA) is 104 Å². The lowest BCUT2D eigenvalue weighted by molar-refractivity contribution is 0.0169. The highest BCUT2D eigenvalue weighted by atomic mass is 35.5. The molecule has 1 saturated heterocycles. The maximum atomic E-state index is 12.6. The second-order valence-corrected chi connectivity index (χ2v) is 12.0. The van der Waals surface area contributed by atoms with E-state index in [9.17, 15) is 10.1 Å². The number of hydrogen-bond donors (Lipinski definition) is 2. The molecule has 0 spiro atoms. The number of amidine groups is 1. The maximum absolute atomic E-state index is 12.6. The van der Waals surface area contributed by atoms with Crippen LogP contribution < -0.4 is 11.1 Å². The normalized spacial score (nSPS) is 15.3. The van der Waals surface area contributed by atoms with Crippen LogP contribution in [0.1, 0.15) is 50.8 Å². The van der Waals surface area contributed by atoms with Gasteiger partial charge in [0.2, 0.25) is 0 Å². The Morgan fingerprint density at radius 2 is 1.78 bits per heavy atom. The fraction of sp³-hybridized carbons (Fsp3) is 0.344. The summed E-state index contributed by atoms with van der Waals surface area (Å²) in [7, 11) is 0. The van der Waals surface area contributed by atoms with E-state index in [2.05, 4.69) is 40.6 Å². The highest BCUT2D eigenvalue weighted by Gasteiger charge is 2.31. The first-order valence-corrected chi connectivity index (χ1v) is 14.4. The molecule has 1 unspecified atom stereocenters. The van der Waals surface area contributed by atoms with Crippen molar-refractivity contribution in [1.29, 1.82) is 5.26 Å². The maximum Gasteiger partial charge on any atom is 0.410 e. The quantitative estimate of drug-likeness (QED) is 0.218. The van der Waals surface area contributed by atoms with Gasteiger partial charge in [-0.2, -0.15) is 5.26 Å². The number of ether oxygens (including phenoxy) is 1. The molecule has 0 saturated carbocycles. The fourth-order valence-corrected chi connectivity index (χ4v) is 5.22. The van der Waals surface area contributed by atoms with E-state index in [1.807, 2.05) is 39.0 Å². The third kappa shape index (κ3) is 8.46. The molecule has 3 N–H and O–H groups in total. The molecule has 1 fully saturated rings. The van der Waals surface area contributed by atoms with Crippen molar-refractivity contribution in [2.75, 3.05) is 19.6 Å². The van der Waals surface area contributed by atoms with Crippen LogP contribution in [0.25, 0.3) is 11.1 Å². The summed E-state index contributed by atoms with van der Waals surface area (Å²) in [5.74, 6) is 0.684. The van der Waals surface area contributed by atoms with E-state index in [-0.39, 0.29) is 18.1 Å². The number of nitrogens with one attached hydrogen (secondary N) is 1. The van der Waals surface area contributed by atoms with Crippen LogP contribution in [-0.4, -0.2) is 42.1 Å². The van der Waals surface area contributed by atoms with Crippen molar-refractivity contribution in [2.45, 2.75) is 45.3 Å². The molecule has 3 aromatic carbocycles. The molecular formula is C32H35Cl2N5O2. The number of nitrogens with two attached hydrogens (primary N) is 1. The van der Waals surface area contributed by atoms with Crippen LogP contribution in [0.2, 0.25) is 10.0 Å². The molecule has 214 valence electrons. The van der Waals surface area contributed by atoms with E-state index in [1.165, 1.54) is 0 Å². The number of nitriles is 1. The molecule has 0 aromatic heterocycles. The Morgan fingerprint density at radius 1 is 1.07 bits per heavy atom. The average molecular weight is 593 g/mol. The number of aliphatic imine (C=N–C) groups is 1. The first-order valence-electron chi connectivity index (χ1n) is 13.6. The van der Waals surface area contributed by atoms with Gasteiger partial charge in [0.25, 0.3) is 0 Å². The third-order valence-corrected chi connectivity index (χ3v) is 7.68. The van der Waals surface area contributed by atoms with Crippen molar-refractivity contribution in [2.24, 2.45) is 16.6 Å². The van der Waals surface area contributed by atoms with Gasteiger partial charge in [0.1, 0.15) is 11.4 Å². The summed E-state index contributed by atoms with van der Waals surface area (Å²) in [6.45, 7) is 7.22. The van der Waals surface area contributed by atoms with E-state index >= 15 is 0 Å². The van der Waals surface area contributed by atoms with Gasteiger partial charge in [0, 0.05) is 19.1 Å². The molecule has 7 nitrogen and oxygen atoms in total. The predicted molar refractivity (Wildman–Crippen MR) is 166 cm³/mol. The number of carbonyl (C=O) groups is 1. The van der Waals surface area contributed by atoms with E-state index in [0.717, 1.165) is 29.5 Å². The number of carbonyl (C=O) groups excluding carboxylic acids is 1. The summed E-state index contributed by atoms with van der Waals surface area (Å²) in [5, 5.41) is 13.8. The molecule has 41 heavy (non-hydrogen) atoms. The predicted octanol–water partition coefficient (Wildman–Crippen LogP) is 7.50. The zero-order valence-electron chi connectivity index (χ0n) is 23.5. The number of amides is 1. The lowest BCUT2D eigenvalue weighted by Gasteiger charge is -2.37. The molecule has 3 aromatic rings. The zero-order valence-corrected chi connectivity index (χ0v) is 25.0. The van der Waals surface area contributed by atoms with Crippen LogP contribution in [0, 0.1) is 17.2 Å². The van der Waals surface area contributed by atoms with Gasteiger partial charge in [-0.3, -0.25) is 0 Å². The van der Waals surface area contributed by atoms with Crippen molar-refractivity contribution in [3.8, 4) is 17.2 Å². The first kappa shape index (κ1) is 30.4. The van der Waals surface area contributed by atoms with Gasteiger partial charge in [-0.25, -0.2) is 9.79 Å². The molecular weight excluding hydrogens is 557 g/mol. The third-order valence-electron chi connectivity index (χ3n) is 6.94. The van der Waals surface area contributed by atoms with Gasteiger partial charge in [0.05, 0.1) is 33.9 Å². The largest absolute Gasteiger partial charge is 0.444 e. The number of rotatable bonds is 7. The van der Waals surface area contributed by atoms with Gasteiger partial charge >= 0.3 is 6.09 Å². The summed E-state index contributed by atoms with van der Waals surface area (Å²) in [6.07, 6.45) is 1.35. The van der Waals surface area contributed by atoms with Crippen molar-refractivity contribution in [3.63, 3.8) is 0 Å². The summed E-state index contributed by atoms with van der Waals surface area (Å²) in [6, 6.07) is 23.3. The van der Waals surface area contributed by atoms with Crippen LogP contribution in [0.4, 0.5) is 10.5 Å². The number of nitrogens with zero attached hydrogens (tertiary/aromatic N) is 3. The van der Waals surface area contributed by atoms with E-state index in [1.54, 1.807) is 29.2 Å². The summed E-state index contributed by atoms with van der Waals surface area (Å²) in [4.78, 5) is 18.9. The average Bonchev–Trinajstić information content (AvgIpc) is 2.95. The Kier molecular flexibility index (Phi) is 9.93. The summed E-state index contributed by atoms with van der Waals surface area (Å²) >= 11 is 12.2. The number of likely N-dealkylation sites (tertiary alicyclic amines) is 1. The van der Waals surface area contributed by atoms with Gasteiger partial charge in [0.15, 0.2) is 0 Å². The van der Waals surface area contributed by atoms with Crippen LogP contribution in [-0.2, 0) is 4.74 Å². The molecule has 1 amide bonds. The molecule has 1 aliphatic heterocycles. The van der Waals surface area contributed by atoms with Crippen LogP contribution >= 0.6 is 23.2 Å². The second kappa shape index (κ2) is 13.4. The van der Waals surface area contributed by atoms with Crippen molar-refractivity contribution >= 4 is 40.8 Å². The first-order chi connectivity index (χ1) is 19.5. The molecule has 1 atom stereocenters. The molecule has 4 rings (SSSR count). The molecule has 1 aliphatic rings. The van der Waals surface area contributed by atoms with Gasteiger partial charge in [-0.15, -0.1) is 0 Å². The molecule has 0 bridgehead atoms. The summed E-state index contributed by atoms with van der Waals surface area (Å²) in [5.41, 5.74) is 10.2. The minimum atomic E-state index is -0.530. The summed E-state index contributed by atoms with van der Waals surface area (Å²) < 4.78 is 5.58. The molecule has 9 heteroatoms. The SMILES string of the molecule is CC(C)(C)OC(=O)N1CCC(C(NCC(N)=Nc2ccc(Cl)c(Cl)c2)c2ccc(-c3cccc(C#N)c3)cc2)CC1. The number of halogens is 2. The highest BCUT2D eigenvalue weighted by molar-refractivity contribution is 6.42. The van der Waals surface area contributed by atoms with E-state index in [4.69, 9.17) is 33.7 Å². The van der Waals surface area contributed by atoms with Crippen molar-refractivity contribution in [3.05, 3.63) is 87.9 Å². The van der Waals surface area contributed by atoms with Crippen molar-refractivity contribution < 1.29 is 9.53 Å². The van der Waals surface area contributed by atoms with Gasteiger partial charge in [-0.05, 0) is 86.6 Å². The van der Waals surface area contributed by atoms with Gasteiger partial charge in [-0.1, -0.05) is 59.6 Å². The van der Waals surface area contributed by atoms with Gasteiger partial charge < -0.3 is 20.7 Å². The Hall–Kier alpha value is -3.57. The Balaban J connectivity index is 1.52. The molecule has 0 aliphatic carbocycles. The number of piperidine rings is 1. The number of benzene rings is 3. The lowest BCUT2D eigenvalue weighted by Crippen LogP contribution is -2.44. The fourth-order valence-electron chi connectivity index (χ4n) is 4.92. The molecule has 1 heterocycles. The van der Waals surface area contributed by atoms with Crippen LogP contribution in [0.5, 0.6) is 0 Å². The second-order valence-electron chi connectivity index (χ2n) is 11.2.